The fraction of sp³-hybridized carbons (Fsp3) is 0.375. The third-order valence-electron chi connectivity index (χ3n) is 3.06. The Bertz CT molecular complexity index is 683. The van der Waals surface area contributed by atoms with Crippen LogP contribution in [-0.4, -0.2) is 18.1 Å². The highest BCUT2D eigenvalue weighted by Crippen LogP contribution is 2.34. The highest BCUT2D eigenvalue weighted by Gasteiger charge is 2.30. The average molecular weight is 352 g/mol. The summed E-state index contributed by atoms with van der Waals surface area (Å²) in [4.78, 5) is 16.4. The zero-order valence-electron chi connectivity index (χ0n) is 12.8. The molecule has 2 rings (SSSR count). The molecule has 2 aromatic rings. The van der Waals surface area contributed by atoms with Crippen LogP contribution in [0.3, 0.4) is 0 Å². The topological polar surface area (TPSA) is 52.3 Å². The number of carbonyl (C=O) groups excluding carboxylic acids is 1. The summed E-state index contributed by atoms with van der Waals surface area (Å²) in [5.41, 5.74) is 2.21. The summed E-state index contributed by atoms with van der Waals surface area (Å²) < 4.78 is 11.3. The standard InChI is InChI=1S/C16H18BrNO3/c1-9-6-7-10(11(17)8-9)14-18-13(16(2,3)4)12(21-14)15(19)20-5/h6-8H,1-5H3. The first-order valence-corrected chi connectivity index (χ1v) is 7.39. The van der Waals surface area contributed by atoms with Crippen LogP contribution in [0.1, 0.15) is 42.6 Å². The Hall–Kier alpha value is -1.62. The van der Waals surface area contributed by atoms with Crippen molar-refractivity contribution in [1.82, 2.24) is 4.98 Å². The first kappa shape index (κ1) is 15.8. The monoisotopic (exact) mass is 351 g/mol. The molecule has 0 spiro atoms. The van der Waals surface area contributed by atoms with E-state index in [0.29, 0.717) is 11.6 Å². The lowest BCUT2D eigenvalue weighted by Gasteiger charge is -2.15. The second-order valence-electron chi connectivity index (χ2n) is 5.92. The Balaban J connectivity index is 2.61. The lowest BCUT2D eigenvalue weighted by molar-refractivity contribution is 0.0562. The zero-order valence-corrected chi connectivity index (χ0v) is 14.4. The van der Waals surface area contributed by atoms with Gasteiger partial charge in [0.1, 0.15) is 5.69 Å². The number of aryl methyl sites for hydroxylation is 1. The van der Waals surface area contributed by atoms with Crippen LogP contribution in [0, 0.1) is 6.92 Å². The maximum atomic E-state index is 11.9. The highest BCUT2D eigenvalue weighted by molar-refractivity contribution is 9.10. The fourth-order valence-electron chi connectivity index (χ4n) is 1.97. The normalized spacial score (nSPS) is 11.5. The first-order valence-electron chi connectivity index (χ1n) is 6.60. The molecule has 0 aliphatic carbocycles. The molecule has 0 saturated carbocycles. The predicted molar refractivity (Wildman–Crippen MR) is 84.4 cm³/mol. The van der Waals surface area contributed by atoms with Crippen molar-refractivity contribution in [2.24, 2.45) is 0 Å². The first-order chi connectivity index (χ1) is 9.74. The van der Waals surface area contributed by atoms with Crippen molar-refractivity contribution in [3.05, 3.63) is 39.7 Å². The predicted octanol–water partition coefficient (Wildman–Crippen LogP) is 4.50. The summed E-state index contributed by atoms with van der Waals surface area (Å²) in [5, 5.41) is 0. The van der Waals surface area contributed by atoms with Crippen molar-refractivity contribution in [3.8, 4) is 11.5 Å². The molecule has 0 bridgehead atoms. The minimum Gasteiger partial charge on any atom is -0.463 e. The molecule has 4 nitrogen and oxygen atoms in total. The molecule has 0 unspecified atom stereocenters. The number of rotatable bonds is 2. The molecular formula is C16H18BrNO3. The Kier molecular flexibility index (Phi) is 4.23. The lowest BCUT2D eigenvalue weighted by Crippen LogP contribution is -2.17. The second-order valence-corrected chi connectivity index (χ2v) is 6.78. The van der Waals surface area contributed by atoms with E-state index in [1.165, 1.54) is 7.11 Å². The molecule has 21 heavy (non-hydrogen) atoms. The van der Waals surface area contributed by atoms with Crippen molar-refractivity contribution >= 4 is 21.9 Å². The molecule has 112 valence electrons. The van der Waals surface area contributed by atoms with E-state index in [1.54, 1.807) is 0 Å². The summed E-state index contributed by atoms with van der Waals surface area (Å²) in [7, 11) is 1.33. The van der Waals surface area contributed by atoms with Crippen LogP contribution in [0.2, 0.25) is 0 Å². The average Bonchev–Trinajstić information content (AvgIpc) is 2.82. The lowest BCUT2D eigenvalue weighted by atomic mass is 9.91. The molecule has 5 heteroatoms. The van der Waals surface area contributed by atoms with Crippen molar-refractivity contribution in [2.45, 2.75) is 33.1 Å². The smallest absolute Gasteiger partial charge is 0.376 e. The number of methoxy groups -OCH3 is 1. The van der Waals surface area contributed by atoms with Crippen LogP contribution in [0.15, 0.2) is 27.1 Å². The van der Waals surface area contributed by atoms with Crippen LogP contribution < -0.4 is 0 Å². The van der Waals surface area contributed by atoms with Crippen molar-refractivity contribution in [2.75, 3.05) is 7.11 Å². The van der Waals surface area contributed by atoms with E-state index in [2.05, 4.69) is 20.9 Å². The Morgan fingerprint density at radius 2 is 2.00 bits per heavy atom. The molecule has 0 saturated heterocycles. The van der Waals surface area contributed by atoms with E-state index in [1.807, 2.05) is 45.9 Å². The number of esters is 1. The Morgan fingerprint density at radius 3 is 2.52 bits per heavy atom. The number of nitrogens with zero attached hydrogens (tertiary/aromatic N) is 1. The minimum absolute atomic E-state index is 0.160. The molecule has 0 amide bonds. The van der Waals surface area contributed by atoms with Crippen LogP contribution >= 0.6 is 15.9 Å². The number of carbonyl (C=O) groups is 1. The van der Waals surface area contributed by atoms with Crippen molar-refractivity contribution in [3.63, 3.8) is 0 Å². The van der Waals surface area contributed by atoms with Gasteiger partial charge < -0.3 is 9.15 Å². The highest BCUT2D eigenvalue weighted by atomic mass is 79.9. The number of benzene rings is 1. The number of oxazole rings is 1. The molecule has 1 heterocycles. The SMILES string of the molecule is COC(=O)c1oc(-c2ccc(C)cc2Br)nc1C(C)(C)C. The van der Waals surface area contributed by atoms with Crippen LogP contribution in [0.5, 0.6) is 0 Å². The third-order valence-corrected chi connectivity index (χ3v) is 3.72. The summed E-state index contributed by atoms with van der Waals surface area (Å²) in [5.74, 6) is 0.0570. The maximum absolute atomic E-state index is 11.9. The van der Waals surface area contributed by atoms with Crippen molar-refractivity contribution in [1.29, 1.82) is 0 Å². The molecule has 0 aliphatic heterocycles. The quantitative estimate of drug-likeness (QED) is 0.747. The number of hydrogen-bond donors (Lipinski definition) is 0. The van der Waals surface area contributed by atoms with E-state index in [4.69, 9.17) is 9.15 Å². The number of aromatic nitrogens is 1. The van der Waals surface area contributed by atoms with Gasteiger partial charge in [-0.3, -0.25) is 0 Å². The molecule has 0 atom stereocenters. The van der Waals surface area contributed by atoms with E-state index >= 15 is 0 Å². The summed E-state index contributed by atoms with van der Waals surface area (Å²) in [6, 6.07) is 5.87. The van der Waals surface area contributed by atoms with Gasteiger partial charge in [-0.15, -0.1) is 0 Å². The van der Waals surface area contributed by atoms with Gasteiger partial charge in [-0.1, -0.05) is 26.8 Å². The molecule has 1 aromatic heterocycles. The van der Waals surface area contributed by atoms with Crippen LogP contribution in [0.4, 0.5) is 0 Å². The summed E-state index contributed by atoms with van der Waals surface area (Å²) in [6.45, 7) is 7.94. The number of ether oxygens (including phenoxy) is 1. The number of halogens is 1. The van der Waals surface area contributed by atoms with Gasteiger partial charge in [0, 0.05) is 9.89 Å². The molecule has 1 aromatic carbocycles. The zero-order chi connectivity index (χ0) is 15.8. The van der Waals surface area contributed by atoms with Crippen LogP contribution in [-0.2, 0) is 10.2 Å². The van der Waals surface area contributed by atoms with Gasteiger partial charge in [0.25, 0.3) is 0 Å². The van der Waals surface area contributed by atoms with Gasteiger partial charge in [0.05, 0.1) is 12.7 Å². The van der Waals surface area contributed by atoms with Gasteiger partial charge >= 0.3 is 5.97 Å². The minimum atomic E-state index is -0.512. The van der Waals surface area contributed by atoms with Crippen molar-refractivity contribution < 1.29 is 13.9 Å². The maximum Gasteiger partial charge on any atom is 0.376 e. The van der Waals surface area contributed by atoms with E-state index in [-0.39, 0.29) is 11.2 Å². The largest absolute Gasteiger partial charge is 0.463 e. The van der Waals surface area contributed by atoms with E-state index in [0.717, 1.165) is 15.6 Å². The van der Waals surface area contributed by atoms with Gasteiger partial charge in [-0.2, -0.15) is 0 Å². The Labute approximate surface area is 132 Å². The molecular weight excluding hydrogens is 334 g/mol. The molecule has 0 fully saturated rings. The van der Waals surface area contributed by atoms with Gasteiger partial charge in [-0.25, -0.2) is 9.78 Å². The van der Waals surface area contributed by atoms with Crippen LogP contribution in [0.25, 0.3) is 11.5 Å². The van der Waals surface area contributed by atoms with Gasteiger partial charge in [0.2, 0.25) is 11.7 Å². The third kappa shape index (κ3) is 3.18. The van der Waals surface area contributed by atoms with E-state index < -0.39 is 5.97 Å². The van der Waals surface area contributed by atoms with Gasteiger partial charge in [-0.05, 0) is 40.5 Å². The number of hydrogen-bond acceptors (Lipinski definition) is 4. The molecule has 0 aliphatic rings. The Morgan fingerprint density at radius 1 is 1.33 bits per heavy atom. The summed E-state index contributed by atoms with van der Waals surface area (Å²) in [6.07, 6.45) is 0. The van der Waals surface area contributed by atoms with Gasteiger partial charge in [0.15, 0.2) is 0 Å². The second kappa shape index (κ2) is 5.64. The molecule has 0 N–H and O–H groups in total. The fourth-order valence-corrected chi connectivity index (χ4v) is 2.63. The summed E-state index contributed by atoms with van der Waals surface area (Å²) >= 11 is 3.51. The molecule has 0 radical (unpaired) electrons. The van der Waals surface area contributed by atoms with E-state index in [9.17, 15) is 4.79 Å².